The maximum absolute atomic E-state index is 12.5. The van der Waals surface area contributed by atoms with Crippen LogP contribution in [0.1, 0.15) is 24.8 Å². The quantitative estimate of drug-likeness (QED) is 0.592. The van der Waals surface area contributed by atoms with E-state index >= 15 is 0 Å². The highest BCUT2D eigenvalue weighted by Gasteiger charge is 2.24. The average molecular weight is 407 g/mol. The van der Waals surface area contributed by atoms with Crippen LogP contribution in [0.15, 0.2) is 59.5 Å². The van der Waals surface area contributed by atoms with Crippen LogP contribution in [0.5, 0.6) is 5.75 Å². The lowest BCUT2D eigenvalue weighted by Crippen LogP contribution is -2.35. The van der Waals surface area contributed by atoms with Gasteiger partial charge in [-0.3, -0.25) is 4.18 Å². The van der Waals surface area contributed by atoms with E-state index in [-0.39, 0.29) is 24.4 Å². The van der Waals surface area contributed by atoms with Crippen molar-refractivity contribution >= 4 is 10.1 Å². The Morgan fingerprint density at radius 1 is 1.04 bits per heavy atom. The molecule has 2 unspecified atom stereocenters. The van der Waals surface area contributed by atoms with Gasteiger partial charge in [-0.05, 0) is 50.5 Å². The van der Waals surface area contributed by atoms with Crippen LogP contribution in [0.4, 0.5) is 0 Å². The second-order valence-electron chi connectivity index (χ2n) is 6.73. The first-order valence-electron chi connectivity index (χ1n) is 9.44. The summed E-state index contributed by atoms with van der Waals surface area (Å²) in [5.74, 6) is 0.682. The smallest absolute Gasteiger partial charge is 0.297 e. The third kappa shape index (κ3) is 6.31. The van der Waals surface area contributed by atoms with Crippen LogP contribution in [0.25, 0.3) is 0 Å². The molecule has 1 heterocycles. The Morgan fingerprint density at radius 3 is 2.46 bits per heavy atom. The first kappa shape index (κ1) is 20.8. The largest absolute Gasteiger partial charge is 0.491 e. The number of para-hydroxylation sites is 1. The van der Waals surface area contributed by atoms with Crippen LogP contribution in [-0.2, 0) is 23.8 Å². The molecule has 1 aliphatic heterocycles. The number of hydrogen-bond donors (Lipinski definition) is 0. The summed E-state index contributed by atoms with van der Waals surface area (Å²) in [4.78, 5) is 0.120. The zero-order chi connectivity index (χ0) is 19.8. The van der Waals surface area contributed by atoms with Crippen LogP contribution >= 0.6 is 0 Å². The van der Waals surface area contributed by atoms with Crippen molar-refractivity contribution in [3.05, 3.63) is 60.2 Å². The number of benzene rings is 2. The van der Waals surface area contributed by atoms with Crippen molar-refractivity contribution in [1.82, 2.24) is 0 Å². The highest BCUT2D eigenvalue weighted by molar-refractivity contribution is 7.86. The van der Waals surface area contributed by atoms with Gasteiger partial charge in [0.25, 0.3) is 10.1 Å². The monoisotopic (exact) mass is 406 g/mol. The Bertz CT molecular complexity index is 814. The van der Waals surface area contributed by atoms with Crippen molar-refractivity contribution in [3.63, 3.8) is 0 Å². The van der Waals surface area contributed by atoms with E-state index in [2.05, 4.69) is 0 Å². The van der Waals surface area contributed by atoms with Gasteiger partial charge < -0.3 is 14.2 Å². The molecule has 0 aromatic heterocycles. The highest BCUT2D eigenvalue weighted by Crippen LogP contribution is 2.19. The zero-order valence-corrected chi connectivity index (χ0v) is 16.8. The Kier molecular flexibility index (Phi) is 7.44. The molecule has 3 rings (SSSR count). The number of hydrogen-bond acceptors (Lipinski definition) is 6. The normalized spacial score (nSPS) is 18.5. The summed E-state index contributed by atoms with van der Waals surface area (Å²) >= 11 is 0. The minimum atomic E-state index is -3.87. The maximum atomic E-state index is 12.5. The molecule has 0 aliphatic carbocycles. The van der Waals surface area contributed by atoms with Crippen LogP contribution in [-0.4, -0.2) is 40.6 Å². The van der Waals surface area contributed by atoms with E-state index in [4.69, 9.17) is 18.4 Å². The molecule has 152 valence electrons. The fraction of sp³-hybridized carbons (Fsp3) is 0.429. The number of aryl methyl sites for hydroxylation is 1. The summed E-state index contributed by atoms with van der Waals surface area (Å²) < 4.78 is 47.5. The molecule has 2 atom stereocenters. The zero-order valence-electron chi connectivity index (χ0n) is 16.0. The van der Waals surface area contributed by atoms with Crippen molar-refractivity contribution < 1.29 is 26.8 Å². The van der Waals surface area contributed by atoms with Crippen molar-refractivity contribution in [2.24, 2.45) is 0 Å². The summed E-state index contributed by atoms with van der Waals surface area (Å²) in [5.41, 5.74) is 0.978. The third-order valence-electron chi connectivity index (χ3n) is 4.38. The van der Waals surface area contributed by atoms with Gasteiger partial charge in [-0.2, -0.15) is 8.42 Å². The number of ether oxygens (including phenoxy) is 3. The van der Waals surface area contributed by atoms with E-state index in [9.17, 15) is 8.42 Å². The third-order valence-corrected chi connectivity index (χ3v) is 5.68. The first-order chi connectivity index (χ1) is 13.5. The molecule has 0 spiro atoms. The minimum Gasteiger partial charge on any atom is -0.491 e. The molecule has 0 saturated carbocycles. The Labute approximate surface area is 166 Å². The lowest BCUT2D eigenvalue weighted by atomic mass is 10.2. The molecule has 0 amide bonds. The standard InChI is InChI=1S/C21H26O6S/c1-17-10-12-20(13-11-17)28(22,23)26-16-19(27-21-9-5-6-14-24-21)15-25-18-7-3-2-4-8-18/h2-4,7-8,10-13,19,21H,5-6,9,14-16H2,1H3. The lowest BCUT2D eigenvalue weighted by molar-refractivity contribution is -0.198. The lowest BCUT2D eigenvalue weighted by Gasteiger charge is -2.27. The van der Waals surface area contributed by atoms with Gasteiger partial charge in [0.05, 0.1) is 11.5 Å². The molecular weight excluding hydrogens is 380 g/mol. The summed E-state index contributed by atoms with van der Waals surface area (Å²) in [6.45, 7) is 2.54. The summed E-state index contributed by atoms with van der Waals surface area (Å²) in [5, 5.41) is 0. The van der Waals surface area contributed by atoms with Crippen molar-refractivity contribution in [1.29, 1.82) is 0 Å². The number of rotatable bonds is 9. The summed E-state index contributed by atoms with van der Waals surface area (Å²) in [6.07, 6.45) is 1.84. The van der Waals surface area contributed by atoms with Gasteiger partial charge >= 0.3 is 0 Å². The van der Waals surface area contributed by atoms with Crippen LogP contribution in [0, 0.1) is 6.92 Å². The molecule has 0 radical (unpaired) electrons. The maximum Gasteiger partial charge on any atom is 0.297 e. The molecular formula is C21H26O6S. The molecule has 2 aromatic rings. The van der Waals surface area contributed by atoms with Gasteiger partial charge in [0.2, 0.25) is 0 Å². The first-order valence-corrected chi connectivity index (χ1v) is 10.8. The molecule has 0 bridgehead atoms. The fourth-order valence-electron chi connectivity index (χ4n) is 2.80. The molecule has 2 aromatic carbocycles. The van der Waals surface area contributed by atoms with Crippen LogP contribution in [0.3, 0.4) is 0 Å². The molecule has 1 saturated heterocycles. The Hall–Kier alpha value is -1.93. The van der Waals surface area contributed by atoms with Crippen LogP contribution in [0.2, 0.25) is 0 Å². The van der Waals surface area contributed by atoms with E-state index < -0.39 is 16.2 Å². The van der Waals surface area contributed by atoms with Gasteiger partial charge in [-0.15, -0.1) is 0 Å². The second-order valence-corrected chi connectivity index (χ2v) is 8.35. The summed E-state index contributed by atoms with van der Waals surface area (Å²) in [7, 11) is -3.87. The van der Waals surface area contributed by atoms with Gasteiger partial charge in [0, 0.05) is 6.61 Å². The average Bonchev–Trinajstić information content (AvgIpc) is 2.72. The predicted molar refractivity (Wildman–Crippen MR) is 105 cm³/mol. The molecule has 1 aliphatic rings. The van der Waals surface area contributed by atoms with E-state index in [0.717, 1.165) is 24.8 Å². The van der Waals surface area contributed by atoms with Gasteiger partial charge in [0.1, 0.15) is 18.5 Å². The SMILES string of the molecule is Cc1ccc(S(=O)(=O)OCC(COc2ccccc2)OC2CCCCO2)cc1. The van der Waals surface area contributed by atoms with Gasteiger partial charge in [-0.25, -0.2) is 0 Å². The predicted octanol–water partition coefficient (Wildman–Crippen LogP) is 3.69. The van der Waals surface area contributed by atoms with Crippen molar-refractivity contribution in [3.8, 4) is 5.75 Å². The van der Waals surface area contributed by atoms with Crippen molar-refractivity contribution in [2.45, 2.75) is 43.5 Å². The van der Waals surface area contributed by atoms with E-state index in [1.54, 1.807) is 12.1 Å². The molecule has 28 heavy (non-hydrogen) atoms. The van der Waals surface area contributed by atoms with Crippen LogP contribution < -0.4 is 4.74 Å². The fourth-order valence-corrected chi connectivity index (χ4v) is 3.74. The topological polar surface area (TPSA) is 71.1 Å². The Morgan fingerprint density at radius 2 is 1.79 bits per heavy atom. The molecule has 0 N–H and O–H groups in total. The molecule has 6 nitrogen and oxygen atoms in total. The van der Waals surface area contributed by atoms with Crippen molar-refractivity contribution in [2.75, 3.05) is 19.8 Å². The molecule has 7 heteroatoms. The van der Waals surface area contributed by atoms with E-state index in [0.29, 0.717) is 12.4 Å². The summed E-state index contributed by atoms with van der Waals surface area (Å²) in [6, 6.07) is 15.8. The Balaban J connectivity index is 1.62. The van der Waals surface area contributed by atoms with E-state index in [1.807, 2.05) is 37.3 Å². The van der Waals surface area contributed by atoms with E-state index in [1.165, 1.54) is 12.1 Å². The highest BCUT2D eigenvalue weighted by atomic mass is 32.2. The second kappa shape index (κ2) is 10.0. The van der Waals surface area contributed by atoms with Gasteiger partial charge in [0.15, 0.2) is 6.29 Å². The van der Waals surface area contributed by atoms with Gasteiger partial charge in [-0.1, -0.05) is 35.9 Å². The minimum absolute atomic E-state index is 0.120. The molecule has 1 fully saturated rings.